The minimum atomic E-state index is -0.447. The molecule has 152 valence electrons. The van der Waals surface area contributed by atoms with Crippen LogP contribution in [0.4, 0.5) is 0 Å². The molecule has 0 bridgehead atoms. The summed E-state index contributed by atoms with van der Waals surface area (Å²) >= 11 is 0. The number of carbonyl (C=O) groups is 1. The lowest BCUT2D eigenvalue weighted by Crippen LogP contribution is -2.24. The van der Waals surface area contributed by atoms with Crippen LogP contribution >= 0.6 is 0 Å². The second-order valence-electron chi connectivity index (χ2n) is 6.24. The molecular formula is C22H28O6. The molecule has 28 heavy (non-hydrogen) atoms. The lowest BCUT2D eigenvalue weighted by molar-refractivity contribution is -0.148. The fraction of sp³-hybridized carbons (Fsp3) is 0.409. The molecule has 0 saturated heterocycles. The second-order valence-corrected chi connectivity index (χ2v) is 6.24. The first-order chi connectivity index (χ1) is 13.5. The zero-order valence-corrected chi connectivity index (χ0v) is 17.3. The summed E-state index contributed by atoms with van der Waals surface area (Å²) in [6.45, 7) is 3.64. The summed E-state index contributed by atoms with van der Waals surface area (Å²) in [6.07, 6.45) is -0.145. The van der Waals surface area contributed by atoms with Gasteiger partial charge in [-0.05, 0) is 19.1 Å². The molecule has 0 radical (unpaired) electrons. The highest BCUT2D eigenvalue weighted by Gasteiger charge is 2.30. The standard InChI is InChI=1S/C22H28O6/c1-7-21(23)28-14(2)22(17-10-8-15(24-3)12-19(17)26-5)18-11-9-16(25-4)13-20(18)27-6/h8-14,22H,7H2,1-6H3. The van der Waals surface area contributed by atoms with Crippen LogP contribution in [0.5, 0.6) is 23.0 Å². The molecule has 1 unspecified atom stereocenters. The molecule has 0 spiro atoms. The Morgan fingerprint density at radius 1 is 0.821 bits per heavy atom. The molecule has 6 nitrogen and oxygen atoms in total. The summed E-state index contributed by atoms with van der Waals surface area (Å²) in [7, 11) is 6.40. The zero-order valence-electron chi connectivity index (χ0n) is 17.3. The number of hydrogen-bond acceptors (Lipinski definition) is 6. The fourth-order valence-corrected chi connectivity index (χ4v) is 3.18. The molecule has 0 amide bonds. The van der Waals surface area contributed by atoms with E-state index in [-0.39, 0.29) is 11.9 Å². The van der Waals surface area contributed by atoms with Gasteiger partial charge in [0, 0.05) is 29.7 Å². The van der Waals surface area contributed by atoms with Gasteiger partial charge >= 0.3 is 5.97 Å². The predicted molar refractivity (Wildman–Crippen MR) is 107 cm³/mol. The molecule has 0 saturated carbocycles. The van der Waals surface area contributed by atoms with E-state index in [1.165, 1.54) is 0 Å². The Kier molecular flexibility index (Phi) is 7.55. The maximum Gasteiger partial charge on any atom is 0.305 e. The lowest BCUT2D eigenvalue weighted by Gasteiger charge is -2.28. The van der Waals surface area contributed by atoms with E-state index in [0.717, 1.165) is 11.1 Å². The highest BCUT2D eigenvalue weighted by atomic mass is 16.5. The van der Waals surface area contributed by atoms with Crippen molar-refractivity contribution in [1.29, 1.82) is 0 Å². The Bertz CT molecular complexity index is 746. The van der Waals surface area contributed by atoms with E-state index in [1.54, 1.807) is 35.4 Å². The molecule has 0 aliphatic heterocycles. The van der Waals surface area contributed by atoms with Gasteiger partial charge in [0.25, 0.3) is 0 Å². The summed E-state index contributed by atoms with van der Waals surface area (Å²) in [5.74, 6) is 2.07. The van der Waals surface area contributed by atoms with Gasteiger partial charge in [0.2, 0.25) is 0 Å². The van der Waals surface area contributed by atoms with Gasteiger partial charge in [-0.2, -0.15) is 0 Å². The highest BCUT2D eigenvalue weighted by Crippen LogP contribution is 2.42. The quantitative estimate of drug-likeness (QED) is 0.600. The molecule has 0 heterocycles. The average molecular weight is 388 g/mol. The van der Waals surface area contributed by atoms with Gasteiger partial charge in [0.05, 0.1) is 34.4 Å². The van der Waals surface area contributed by atoms with E-state index in [1.807, 2.05) is 43.3 Å². The van der Waals surface area contributed by atoms with Gasteiger partial charge in [-0.1, -0.05) is 19.1 Å². The van der Waals surface area contributed by atoms with Crippen LogP contribution in [-0.2, 0) is 9.53 Å². The average Bonchev–Trinajstić information content (AvgIpc) is 2.73. The number of ether oxygens (including phenoxy) is 5. The molecular weight excluding hydrogens is 360 g/mol. The molecule has 6 heteroatoms. The van der Waals surface area contributed by atoms with Crippen LogP contribution in [0.3, 0.4) is 0 Å². The predicted octanol–water partition coefficient (Wildman–Crippen LogP) is 4.19. The first-order valence-corrected chi connectivity index (χ1v) is 9.12. The molecule has 0 aromatic heterocycles. The smallest absolute Gasteiger partial charge is 0.305 e. The van der Waals surface area contributed by atoms with Crippen LogP contribution in [-0.4, -0.2) is 40.5 Å². The second kappa shape index (κ2) is 9.88. The molecule has 0 fully saturated rings. The summed E-state index contributed by atoms with van der Waals surface area (Å²) in [6, 6.07) is 11.2. The lowest BCUT2D eigenvalue weighted by atomic mass is 9.85. The number of methoxy groups -OCH3 is 4. The minimum absolute atomic E-state index is 0.266. The molecule has 0 aliphatic carbocycles. The summed E-state index contributed by atoms with van der Waals surface area (Å²) in [4.78, 5) is 12.0. The number of hydrogen-bond donors (Lipinski definition) is 0. The normalized spacial score (nSPS) is 11.7. The minimum Gasteiger partial charge on any atom is -0.497 e. The molecule has 0 aliphatic rings. The summed E-state index contributed by atoms with van der Waals surface area (Å²) < 4.78 is 27.5. The third kappa shape index (κ3) is 4.68. The number of benzene rings is 2. The van der Waals surface area contributed by atoms with Gasteiger partial charge in [-0.15, -0.1) is 0 Å². The topological polar surface area (TPSA) is 63.2 Å². The van der Waals surface area contributed by atoms with Gasteiger partial charge in [-0.3, -0.25) is 4.79 Å². The summed E-state index contributed by atoms with van der Waals surface area (Å²) in [5.41, 5.74) is 1.73. The van der Waals surface area contributed by atoms with Crippen LogP contribution in [0.1, 0.15) is 37.3 Å². The van der Waals surface area contributed by atoms with Crippen LogP contribution in [0.25, 0.3) is 0 Å². The maximum absolute atomic E-state index is 12.0. The highest BCUT2D eigenvalue weighted by molar-refractivity contribution is 5.69. The van der Waals surface area contributed by atoms with Crippen molar-refractivity contribution in [1.82, 2.24) is 0 Å². The van der Waals surface area contributed by atoms with Crippen LogP contribution in [0, 0.1) is 0 Å². The first kappa shape index (κ1) is 21.4. The number of rotatable bonds is 9. The molecule has 2 aromatic carbocycles. The number of esters is 1. The van der Waals surface area contributed by atoms with E-state index in [2.05, 4.69) is 0 Å². The van der Waals surface area contributed by atoms with Crippen molar-refractivity contribution in [3.05, 3.63) is 47.5 Å². The van der Waals surface area contributed by atoms with Crippen LogP contribution < -0.4 is 18.9 Å². The first-order valence-electron chi connectivity index (χ1n) is 9.12. The summed E-state index contributed by atoms with van der Waals surface area (Å²) in [5, 5.41) is 0. The SMILES string of the molecule is CCC(=O)OC(C)C(c1ccc(OC)cc1OC)c1ccc(OC)cc1OC. The molecule has 0 N–H and O–H groups in total. The van der Waals surface area contributed by atoms with Crippen LogP contribution in [0.15, 0.2) is 36.4 Å². The Hall–Kier alpha value is -2.89. The van der Waals surface area contributed by atoms with Crippen molar-refractivity contribution in [3.63, 3.8) is 0 Å². The largest absolute Gasteiger partial charge is 0.497 e. The van der Waals surface area contributed by atoms with E-state index in [9.17, 15) is 4.79 Å². The molecule has 1 atom stereocenters. The van der Waals surface area contributed by atoms with Crippen LogP contribution in [0.2, 0.25) is 0 Å². The molecule has 2 aromatic rings. The van der Waals surface area contributed by atoms with Crippen molar-refractivity contribution in [2.24, 2.45) is 0 Å². The van der Waals surface area contributed by atoms with Crippen molar-refractivity contribution >= 4 is 5.97 Å². The van der Waals surface area contributed by atoms with E-state index in [0.29, 0.717) is 29.4 Å². The Morgan fingerprint density at radius 3 is 1.64 bits per heavy atom. The van der Waals surface area contributed by atoms with Crippen molar-refractivity contribution < 1.29 is 28.5 Å². The van der Waals surface area contributed by atoms with E-state index >= 15 is 0 Å². The van der Waals surface area contributed by atoms with Crippen molar-refractivity contribution in [2.45, 2.75) is 32.3 Å². The third-order valence-electron chi connectivity index (χ3n) is 4.63. The van der Waals surface area contributed by atoms with E-state index < -0.39 is 6.10 Å². The van der Waals surface area contributed by atoms with Crippen molar-refractivity contribution in [3.8, 4) is 23.0 Å². The Balaban J connectivity index is 2.63. The van der Waals surface area contributed by atoms with Gasteiger partial charge in [-0.25, -0.2) is 0 Å². The fourth-order valence-electron chi connectivity index (χ4n) is 3.18. The Morgan fingerprint density at radius 2 is 1.29 bits per heavy atom. The van der Waals surface area contributed by atoms with Gasteiger partial charge in [0.1, 0.15) is 29.1 Å². The Labute approximate surface area is 166 Å². The maximum atomic E-state index is 12.0. The van der Waals surface area contributed by atoms with E-state index in [4.69, 9.17) is 23.7 Å². The molecule has 2 rings (SSSR count). The third-order valence-corrected chi connectivity index (χ3v) is 4.63. The van der Waals surface area contributed by atoms with Gasteiger partial charge in [0.15, 0.2) is 0 Å². The van der Waals surface area contributed by atoms with Gasteiger partial charge < -0.3 is 23.7 Å². The van der Waals surface area contributed by atoms with Crippen molar-refractivity contribution in [2.75, 3.05) is 28.4 Å². The zero-order chi connectivity index (χ0) is 20.7. The monoisotopic (exact) mass is 388 g/mol. The number of carbonyl (C=O) groups excluding carboxylic acids is 1.